The van der Waals surface area contributed by atoms with Gasteiger partial charge in [-0.05, 0) is 12.8 Å². The van der Waals surface area contributed by atoms with Gasteiger partial charge in [0.1, 0.15) is 0 Å². The molecule has 1 unspecified atom stereocenters. The van der Waals surface area contributed by atoms with Crippen LogP contribution in [0.2, 0.25) is 0 Å². The lowest BCUT2D eigenvalue weighted by molar-refractivity contribution is -0.0514. The zero-order chi connectivity index (χ0) is 6.91. The van der Waals surface area contributed by atoms with Gasteiger partial charge in [0, 0.05) is 6.42 Å². The second-order valence-electron chi connectivity index (χ2n) is 2.61. The molecule has 0 radical (unpaired) electrons. The van der Waals surface area contributed by atoms with E-state index >= 15 is 0 Å². The van der Waals surface area contributed by atoms with Crippen LogP contribution < -0.4 is 5.73 Å². The molecule has 0 aromatic heterocycles. The van der Waals surface area contributed by atoms with Crippen LogP contribution in [0.5, 0.6) is 0 Å². The summed E-state index contributed by atoms with van der Waals surface area (Å²) >= 11 is 0. The first-order chi connectivity index (χ1) is 4.13. The maximum absolute atomic E-state index is 12.5. The van der Waals surface area contributed by atoms with Gasteiger partial charge in [0.25, 0.3) is 5.92 Å². The van der Waals surface area contributed by atoms with Crippen LogP contribution in [0.25, 0.3) is 0 Å². The van der Waals surface area contributed by atoms with Crippen LogP contribution in [0.1, 0.15) is 25.7 Å². The monoisotopic (exact) mass is 171 g/mol. The highest BCUT2D eigenvalue weighted by atomic mass is 35.5. The van der Waals surface area contributed by atoms with E-state index in [9.17, 15) is 8.78 Å². The predicted octanol–water partition coefficient (Wildman–Crippen LogP) is 1.94. The minimum atomic E-state index is -2.59. The van der Waals surface area contributed by atoms with Crippen molar-refractivity contribution in [3.8, 4) is 0 Å². The molecule has 2 N–H and O–H groups in total. The van der Waals surface area contributed by atoms with Crippen LogP contribution in [0.4, 0.5) is 8.78 Å². The Bertz CT molecular complexity index is 108. The Morgan fingerprint density at radius 3 is 2.20 bits per heavy atom. The molecule has 1 aliphatic rings. The van der Waals surface area contributed by atoms with Gasteiger partial charge in [0.05, 0.1) is 6.04 Å². The molecule has 1 rings (SSSR count). The van der Waals surface area contributed by atoms with Gasteiger partial charge in [-0.15, -0.1) is 12.4 Å². The normalized spacial score (nSPS) is 30.9. The summed E-state index contributed by atoms with van der Waals surface area (Å²) in [6.07, 6.45) is 1.94. The number of nitrogens with two attached hydrogens (primary N) is 1. The van der Waals surface area contributed by atoms with Crippen molar-refractivity contribution in [2.75, 3.05) is 0 Å². The van der Waals surface area contributed by atoms with Gasteiger partial charge in [-0.3, -0.25) is 0 Å². The summed E-state index contributed by atoms with van der Waals surface area (Å²) in [5, 5.41) is 0. The molecule has 10 heavy (non-hydrogen) atoms. The average Bonchev–Trinajstić information content (AvgIpc) is 1.77. The van der Waals surface area contributed by atoms with Crippen molar-refractivity contribution in [3.63, 3.8) is 0 Å². The minimum absolute atomic E-state index is 0. The maximum Gasteiger partial charge on any atom is 0.262 e. The third-order valence-corrected chi connectivity index (χ3v) is 1.82. The van der Waals surface area contributed by atoms with E-state index in [1.807, 2.05) is 0 Å². The molecule has 0 amide bonds. The highest BCUT2D eigenvalue weighted by Crippen LogP contribution is 2.31. The van der Waals surface area contributed by atoms with E-state index < -0.39 is 12.0 Å². The lowest BCUT2D eigenvalue weighted by Crippen LogP contribution is -2.43. The lowest BCUT2D eigenvalue weighted by Gasteiger charge is -2.27. The Kier molecular flexibility index (Phi) is 3.52. The van der Waals surface area contributed by atoms with Gasteiger partial charge >= 0.3 is 0 Å². The molecule has 4 heteroatoms. The van der Waals surface area contributed by atoms with Crippen molar-refractivity contribution in [1.29, 1.82) is 0 Å². The molecule has 1 atom stereocenters. The number of hydrogen-bond acceptors (Lipinski definition) is 1. The summed E-state index contributed by atoms with van der Waals surface area (Å²) in [5.41, 5.74) is 5.16. The number of hydrogen-bond donors (Lipinski definition) is 1. The fourth-order valence-corrected chi connectivity index (χ4v) is 1.12. The van der Waals surface area contributed by atoms with E-state index in [4.69, 9.17) is 5.73 Å². The van der Waals surface area contributed by atoms with E-state index in [2.05, 4.69) is 0 Å². The van der Waals surface area contributed by atoms with E-state index in [0.717, 1.165) is 6.42 Å². The van der Waals surface area contributed by atoms with Crippen molar-refractivity contribution in [1.82, 2.24) is 0 Å². The van der Waals surface area contributed by atoms with Crippen molar-refractivity contribution >= 4 is 12.4 Å². The van der Waals surface area contributed by atoms with Crippen molar-refractivity contribution in [2.24, 2.45) is 5.73 Å². The fourth-order valence-electron chi connectivity index (χ4n) is 1.12. The topological polar surface area (TPSA) is 26.0 Å². The molecule has 1 fully saturated rings. The van der Waals surface area contributed by atoms with Crippen LogP contribution in [0, 0.1) is 0 Å². The molecular formula is C6H12ClF2N. The van der Waals surface area contributed by atoms with Gasteiger partial charge in [0.15, 0.2) is 0 Å². The summed E-state index contributed by atoms with van der Waals surface area (Å²) in [6.45, 7) is 0. The Labute approximate surface area is 65.4 Å². The van der Waals surface area contributed by atoms with Gasteiger partial charge in [0.2, 0.25) is 0 Å². The molecule has 1 saturated carbocycles. The van der Waals surface area contributed by atoms with Crippen LogP contribution in [0.15, 0.2) is 0 Å². The van der Waals surface area contributed by atoms with E-state index in [-0.39, 0.29) is 18.8 Å². The average molecular weight is 172 g/mol. The predicted molar refractivity (Wildman–Crippen MR) is 38.6 cm³/mol. The zero-order valence-corrected chi connectivity index (χ0v) is 6.46. The molecule has 0 aromatic rings. The Balaban J connectivity index is 0.000000810. The molecule has 0 aliphatic heterocycles. The Morgan fingerprint density at radius 2 is 1.90 bits per heavy atom. The number of rotatable bonds is 0. The smallest absolute Gasteiger partial charge is 0.262 e. The van der Waals surface area contributed by atoms with Gasteiger partial charge in [-0.2, -0.15) is 0 Å². The summed E-state index contributed by atoms with van der Waals surface area (Å²) in [5.74, 6) is -2.59. The summed E-state index contributed by atoms with van der Waals surface area (Å²) < 4.78 is 24.9. The van der Waals surface area contributed by atoms with Crippen LogP contribution in [-0.4, -0.2) is 12.0 Å². The molecule has 0 aromatic carbocycles. The van der Waals surface area contributed by atoms with Crippen LogP contribution >= 0.6 is 12.4 Å². The Hall–Kier alpha value is 0.110. The van der Waals surface area contributed by atoms with Gasteiger partial charge in [-0.1, -0.05) is 6.42 Å². The second-order valence-corrected chi connectivity index (χ2v) is 2.61. The zero-order valence-electron chi connectivity index (χ0n) is 5.65. The van der Waals surface area contributed by atoms with E-state index in [0.29, 0.717) is 12.8 Å². The van der Waals surface area contributed by atoms with Crippen molar-refractivity contribution in [2.45, 2.75) is 37.6 Å². The van der Waals surface area contributed by atoms with Crippen molar-refractivity contribution < 1.29 is 8.78 Å². The van der Waals surface area contributed by atoms with Gasteiger partial charge in [-0.25, -0.2) is 8.78 Å². The molecule has 0 bridgehead atoms. The first-order valence-electron chi connectivity index (χ1n) is 3.26. The molecule has 1 aliphatic carbocycles. The lowest BCUT2D eigenvalue weighted by atomic mass is 9.92. The van der Waals surface area contributed by atoms with Crippen LogP contribution in [0.3, 0.4) is 0 Å². The standard InChI is InChI=1S/C6H11F2N.ClH/c7-6(8)4-2-1-3-5(6)9;/h5H,1-4,9H2;1H. The van der Waals surface area contributed by atoms with E-state index in [1.54, 1.807) is 0 Å². The minimum Gasteiger partial charge on any atom is -0.323 e. The third kappa shape index (κ3) is 2.06. The quantitative estimate of drug-likeness (QED) is 0.593. The first kappa shape index (κ1) is 10.1. The molecule has 0 heterocycles. The maximum atomic E-state index is 12.5. The summed E-state index contributed by atoms with van der Waals surface area (Å²) in [7, 11) is 0. The SMILES string of the molecule is Cl.NC1CCCCC1(F)F. The molecule has 0 spiro atoms. The first-order valence-corrected chi connectivity index (χ1v) is 3.26. The third-order valence-electron chi connectivity index (χ3n) is 1.82. The highest BCUT2D eigenvalue weighted by Gasteiger charge is 2.38. The molecular weight excluding hydrogens is 160 g/mol. The van der Waals surface area contributed by atoms with Crippen molar-refractivity contribution in [3.05, 3.63) is 0 Å². The number of halogens is 3. The number of alkyl halides is 2. The fraction of sp³-hybridized carbons (Fsp3) is 1.00. The molecule has 1 nitrogen and oxygen atoms in total. The molecule has 0 saturated heterocycles. The summed E-state index contributed by atoms with van der Waals surface area (Å²) in [6, 6.07) is -0.883. The van der Waals surface area contributed by atoms with Crippen LogP contribution in [-0.2, 0) is 0 Å². The summed E-state index contributed by atoms with van der Waals surface area (Å²) in [4.78, 5) is 0. The Morgan fingerprint density at radius 1 is 1.30 bits per heavy atom. The largest absolute Gasteiger partial charge is 0.323 e. The highest BCUT2D eigenvalue weighted by molar-refractivity contribution is 5.85. The molecule has 62 valence electrons. The van der Waals surface area contributed by atoms with E-state index in [1.165, 1.54) is 0 Å². The van der Waals surface area contributed by atoms with Gasteiger partial charge < -0.3 is 5.73 Å². The second kappa shape index (κ2) is 3.49.